The number of halogens is 1. The van der Waals surface area contributed by atoms with Crippen LogP contribution in [0.2, 0.25) is 5.02 Å². The molecule has 0 aliphatic carbocycles. The zero-order valence-electron chi connectivity index (χ0n) is 18.1. The first-order valence-corrected chi connectivity index (χ1v) is 10.0. The summed E-state index contributed by atoms with van der Waals surface area (Å²) in [4.78, 5) is 28.6. The maximum atomic E-state index is 12.3. The van der Waals surface area contributed by atoms with Crippen LogP contribution in [0.5, 0.6) is 11.5 Å². The van der Waals surface area contributed by atoms with E-state index in [0.717, 1.165) is 5.69 Å². The van der Waals surface area contributed by atoms with Crippen LogP contribution in [-0.2, 0) is 6.54 Å². The van der Waals surface area contributed by atoms with E-state index in [-0.39, 0.29) is 31.4 Å². The summed E-state index contributed by atoms with van der Waals surface area (Å²) in [6.45, 7) is 4.21. The van der Waals surface area contributed by atoms with Crippen molar-refractivity contribution in [2.24, 2.45) is 0 Å². The van der Waals surface area contributed by atoms with Crippen LogP contribution >= 0.6 is 11.6 Å². The highest BCUT2D eigenvalue weighted by Gasteiger charge is 2.17. The Bertz CT molecular complexity index is 1130. The van der Waals surface area contributed by atoms with Gasteiger partial charge in [0.25, 0.3) is 5.91 Å². The fourth-order valence-electron chi connectivity index (χ4n) is 2.88. The molecular formula is C20H23ClN6O5. The molecule has 0 aliphatic rings. The molecule has 2 N–H and O–H groups in total. The molecule has 0 fully saturated rings. The van der Waals surface area contributed by atoms with Gasteiger partial charge in [-0.25, -0.2) is 0 Å². The lowest BCUT2D eigenvalue weighted by molar-refractivity contribution is 0.0898. The molecule has 2 amide bonds. The summed E-state index contributed by atoms with van der Waals surface area (Å²) >= 11 is 6.13. The molecule has 0 atom stereocenters. The summed E-state index contributed by atoms with van der Waals surface area (Å²) in [5.41, 5.74) is 1.87. The Hall–Kier alpha value is -3.60. The van der Waals surface area contributed by atoms with Gasteiger partial charge in [-0.2, -0.15) is 10.1 Å². The largest absolute Gasteiger partial charge is 0.493 e. The van der Waals surface area contributed by atoms with Gasteiger partial charge in [0.05, 0.1) is 30.6 Å². The first kappa shape index (κ1) is 23.1. The lowest BCUT2D eigenvalue weighted by atomic mass is 10.2. The minimum Gasteiger partial charge on any atom is -0.493 e. The van der Waals surface area contributed by atoms with Crippen molar-refractivity contribution in [3.8, 4) is 11.5 Å². The highest BCUT2D eigenvalue weighted by atomic mass is 35.5. The van der Waals surface area contributed by atoms with E-state index < -0.39 is 5.91 Å². The molecule has 0 saturated heterocycles. The SMILES string of the molecule is COc1ccc(C(=O)NCCNC(=O)c2nc(Cn3nc(C)c(Cl)c3C)no2)cc1OC. The van der Waals surface area contributed by atoms with Crippen LogP contribution in [0.3, 0.4) is 0 Å². The molecule has 32 heavy (non-hydrogen) atoms. The quantitative estimate of drug-likeness (QED) is 0.459. The molecular weight excluding hydrogens is 440 g/mol. The predicted octanol–water partition coefficient (Wildman–Crippen LogP) is 1.76. The number of rotatable bonds is 9. The third-order valence-electron chi connectivity index (χ3n) is 4.59. The van der Waals surface area contributed by atoms with Gasteiger partial charge in [0, 0.05) is 18.7 Å². The summed E-state index contributed by atoms with van der Waals surface area (Å²) < 4.78 is 17.0. The minimum atomic E-state index is -0.546. The predicted molar refractivity (Wildman–Crippen MR) is 114 cm³/mol. The third-order valence-corrected chi connectivity index (χ3v) is 5.14. The summed E-state index contributed by atoms with van der Waals surface area (Å²) in [7, 11) is 3.01. The number of benzene rings is 1. The van der Waals surface area contributed by atoms with Crippen LogP contribution in [0.25, 0.3) is 0 Å². The molecule has 3 rings (SSSR count). The molecule has 0 bridgehead atoms. The van der Waals surface area contributed by atoms with Crippen molar-refractivity contribution in [1.82, 2.24) is 30.6 Å². The van der Waals surface area contributed by atoms with Gasteiger partial charge in [0.2, 0.25) is 0 Å². The molecule has 0 radical (unpaired) electrons. The fourth-order valence-corrected chi connectivity index (χ4v) is 3.02. The number of carbonyl (C=O) groups is 2. The van der Waals surface area contributed by atoms with E-state index in [4.69, 9.17) is 25.6 Å². The van der Waals surface area contributed by atoms with Gasteiger partial charge in [-0.05, 0) is 32.0 Å². The van der Waals surface area contributed by atoms with Crippen molar-refractivity contribution in [3.63, 3.8) is 0 Å². The maximum absolute atomic E-state index is 12.3. The molecule has 1 aromatic carbocycles. The Morgan fingerprint density at radius 3 is 2.41 bits per heavy atom. The number of aromatic nitrogens is 4. The van der Waals surface area contributed by atoms with Crippen molar-refractivity contribution >= 4 is 23.4 Å². The first-order valence-electron chi connectivity index (χ1n) is 9.64. The van der Waals surface area contributed by atoms with E-state index in [9.17, 15) is 9.59 Å². The van der Waals surface area contributed by atoms with E-state index in [1.807, 2.05) is 6.92 Å². The Balaban J connectivity index is 1.48. The van der Waals surface area contributed by atoms with E-state index in [1.54, 1.807) is 29.8 Å². The second-order valence-electron chi connectivity index (χ2n) is 6.74. The van der Waals surface area contributed by atoms with Crippen molar-refractivity contribution < 1.29 is 23.6 Å². The monoisotopic (exact) mass is 462 g/mol. The van der Waals surface area contributed by atoms with Gasteiger partial charge in [0.15, 0.2) is 17.3 Å². The fraction of sp³-hybridized carbons (Fsp3) is 0.350. The van der Waals surface area contributed by atoms with Gasteiger partial charge >= 0.3 is 11.8 Å². The van der Waals surface area contributed by atoms with Crippen molar-refractivity contribution in [1.29, 1.82) is 0 Å². The molecule has 0 saturated carbocycles. The van der Waals surface area contributed by atoms with Gasteiger partial charge in [0.1, 0.15) is 6.54 Å². The van der Waals surface area contributed by atoms with Crippen LogP contribution in [0.4, 0.5) is 0 Å². The number of aryl methyl sites for hydroxylation is 1. The molecule has 0 aliphatic heterocycles. The zero-order valence-corrected chi connectivity index (χ0v) is 18.8. The topological polar surface area (TPSA) is 133 Å². The van der Waals surface area contributed by atoms with E-state index in [0.29, 0.717) is 33.6 Å². The Morgan fingerprint density at radius 2 is 1.78 bits per heavy atom. The minimum absolute atomic E-state index is 0.169. The Morgan fingerprint density at radius 1 is 1.09 bits per heavy atom. The summed E-state index contributed by atoms with van der Waals surface area (Å²) in [6.07, 6.45) is 0. The summed E-state index contributed by atoms with van der Waals surface area (Å²) in [5, 5.41) is 14.0. The van der Waals surface area contributed by atoms with Crippen LogP contribution in [-0.4, -0.2) is 59.0 Å². The highest BCUT2D eigenvalue weighted by Crippen LogP contribution is 2.27. The molecule has 0 unspecified atom stereocenters. The Kier molecular flexibility index (Phi) is 7.31. The molecule has 3 aromatic rings. The maximum Gasteiger partial charge on any atom is 0.316 e. The number of methoxy groups -OCH3 is 2. The second kappa shape index (κ2) is 10.1. The van der Waals surface area contributed by atoms with Gasteiger partial charge < -0.3 is 24.6 Å². The molecule has 2 heterocycles. The third kappa shape index (κ3) is 5.17. The molecule has 11 nitrogen and oxygen atoms in total. The van der Waals surface area contributed by atoms with Crippen LogP contribution in [0.1, 0.15) is 38.3 Å². The van der Waals surface area contributed by atoms with Gasteiger partial charge in [-0.15, -0.1) is 0 Å². The molecule has 0 spiro atoms. The lowest BCUT2D eigenvalue weighted by Gasteiger charge is -2.10. The van der Waals surface area contributed by atoms with Crippen LogP contribution in [0.15, 0.2) is 22.7 Å². The smallest absolute Gasteiger partial charge is 0.316 e. The number of nitrogens with one attached hydrogen (secondary N) is 2. The number of ether oxygens (including phenoxy) is 2. The molecule has 12 heteroatoms. The van der Waals surface area contributed by atoms with Crippen molar-refractivity contribution in [2.75, 3.05) is 27.3 Å². The van der Waals surface area contributed by atoms with Crippen molar-refractivity contribution in [3.05, 3.63) is 51.9 Å². The van der Waals surface area contributed by atoms with Crippen LogP contribution in [0, 0.1) is 13.8 Å². The standard InChI is InChI=1S/C20H23ClN6O5/c1-11-17(21)12(2)27(25-11)10-16-24-20(32-26-16)19(29)23-8-7-22-18(28)13-5-6-14(30-3)15(9-13)31-4/h5-6,9H,7-8,10H2,1-4H3,(H,22,28)(H,23,29). The summed E-state index contributed by atoms with van der Waals surface area (Å²) in [5.74, 6) is 0.219. The van der Waals surface area contributed by atoms with Gasteiger partial charge in [-0.3, -0.25) is 14.3 Å². The number of carbonyl (C=O) groups excluding carboxylic acids is 2. The average Bonchev–Trinajstić information content (AvgIpc) is 3.36. The summed E-state index contributed by atoms with van der Waals surface area (Å²) in [6, 6.07) is 4.83. The molecule has 2 aromatic heterocycles. The molecule has 170 valence electrons. The second-order valence-corrected chi connectivity index (χ2v) is 7.12. The zero-order chi connectivity index (χ0) is 23.3. The van der Waals surface area contributed by atoms with Crippen LogP contribution < -0.4 is 20.1 Å². The average molecular weight is 463 g/mol. The first-order chi connectivity index (χ1) is 15.3. The van der Waals surface area contributed by atoms with Gasteiger partial charge in [-0.1, -0.05) is 16.8 Å². The van der Waals surface area contributed by atoms with E-state index >= 15 is 0 Å². The highest BCUT2D eigenvalue weighted by molar-refractivity contribution is 6.31. The number of amides is 2. The van der Waals surface area contributed by atoms with Crippen molar-refractivity contribution in [2.45, 2.75) is 20.4 Å². The lowest BCUT2D eigenvalue weighted by Crippen LogP contribution is -2.34. The number of hydrogen-bond donors (Lipinski definition) is 2. The van der Waals surface area contributed by atoms with E-state index in [1.165, 1.54) is 14.2 Å². The number of hydrogen-bond acceptors (Lipinski definition) is 8. The normalized spacial score (nSPS) is 10.7. The van der Waals surface area contributed by atoms with E-state index in [2.05, 4.69) is 25.9 Å². The Labute approximate surface area is 189 Å². The number of nitrogens with zero attached hydrogens (tertiary/aromatic N) is 4.